The van der Waals surface area contributed by atoms with Crippen molar-refractivity contribution in [3.63, 3.8) is 0 Å². The Balaban J connectivity index is 2.74. The molecule has 0 aliphatic rings. The molecule has 1 aromatic heterocycles. The van der Waals surface area contributed by atoms with Crippen molar-refractivity contribution in [2.45, 2.75) is 19.9 Å². The fourth-order valence-corrected chi connectivity index (χ4v) is 1.32. The maximum atomic E-state index is 11.1. The number of aryl methyl sites for hydroxylation is 1. The normalized spacial score (nSPS) is 12.6. The van der Waals surface area contributed by atoms with Crippen LogP contribution in [0.3, 0.4) is 0 Å². The minimum Gasteiger partial charge on any atom is -0.348 e. The van der Waals surface area contributed by atoms with Crippen LogP contribution in [0, 0.1) is 6.92 Å². The Morgan fingerprint density at radius 3 is 2.86 bits per heavy atom. The number of amides is 1. The van der Waals surface area contributed by atoms with E-state index in [-0.39, 0.29) is 18.5 Å². The third-order valence-corrected chi connectivity index (χ3v) is 2.30. The summed E-state index contributed by atoms with van der Waals surface area (Å²) >= 11 is 0. The van der Waals surface area contributed by atoms with Crippen LogP contribution in [0.25, 0.3) is 0 Å². The minimum absolute atomic E-state index is 0.0175. The van der Waals surface area contributed by atoms with Crippen LogP contribution < -0.4 is 11.1 Å². The summed E-state index contributed by atoms with van der Waals surface area (Å²) in [6.07, 6.45) is 1.76. The van der Waals surface area contributed by atoms with Crippen molar-refractivity contribution in [1.29, 1.82) is 0 Å². The number of carbonyl (C=O) groups is 1. The Morgan fingerprint density at radius 1 is 1.79 bits per heavy atom. The number of nitrogens with one attached hydrogen (secondary N) is 1. The van der Waals surface area contributed by atoms with Crippen LogP contribution in [0.1, 0.15) is 24.2 Å². The molecule has 1 heterocycles. The smallest absolute Gasteiger partial charge is 0.234 e. The molecule has 1 aromatic rings. The van der Waals surface area contributed by atoms with Crippen LogP contribution >= 0.6 is 0 Å². The predicted octanol–water partition coefficient (Wildman–Crippen LogP) is -0.136. The summed E-state index contributed by atoms with van der Waals surface area (Å²) in [6, 6.07) is -0.0419. The maximum absolute atomic E-state index is 11.1. The van der Waals surface area contributed by atoms with Gasteiger partial charge < -0.3 is 11.1 Å². The van der Waals surface area contributed by atoms with Crippen LogP contribution in [-0.4, -0.2) is 22.2 Å². The standard InChI is InChI=1S/C9H16N4O/c1-6(12-9(14)4-10)8-5-11-13(3)7(8)2/h5-6H,4,10H2,1-3H3,(H,12,14). The molecule has 1 amide bonds. The monoisotopic (exact) mass is 196 g/mol. The number of carbonyl (C=O) groups excluding carboxylic acids is 1. The molecule has 3 N–H and O–H groups in total. The first-order valence-electron chi connectivity index (χ1n) is 4.54. The van der Waals surface area contributed by atoms with Gasteiger partial charge in [0, 0.05) is 18.3 Å². The maximum Gasteiger partial charge on any atom is 0.234 e. The molecule has 1 atom stereocenters. The second-order valence-electron chi connectivity index (χ2n) is 3.30. The Hall–Kier alpha value is -1.36. The van der Waals surface area contributed by atoms with E-state index in [1.165, 1.54) is 0 Å². The summed E-state index contributed by atoms with van der Waals surface area (Å²) in [5.41, 5.74) is 7.28. The molecular formula is C9H16N4O. The van der Waals surface area contributed by atoms with Gasteiger partial charge in [-0.15, -0.1) is 0 Å². The predicted molar refractivity (Wildman–Crippen MR) is 53.6 cm³/mol. The highest BCUT2D eigenvalue weighted by Gasteiger charge is 2.13. The highest BCUT2D eigenvalue weighted by Crippen LogP contribution is 2.15. The average molecular weight is 196 g/mol. The molecule has 5 nitrogen and oxygen atoms in total. The molecule has 1 rings (SSSR count). The lowest BCUT2D eigenvalue weighted by Crippen LogP contribution is -2.32. The summed E-state index contributed by atoms with van der Waals surface area (Å²) in [4.78, 5) is 11.1. The Labute approximate surface area is 83.3 Å². The van der Waals surface area contributed by atoms with E-state index in [9.17, 15) is 4.79 Å². The van der Waals surface area contributed by atoms with Gasteiger partial charge in [0.25, 0.3) is 0 Å². The number of nitrogens with zero attached hydrogens (tertiary/aromatic N) is 2. The first kappa shape index (κ1) is 10.7. The molecule has 14 heavy (non-hydrogen) atoms. The summed E-state index contributed by atoms with van der Waals surface area (Å²) in [7, 11) is 1.87. The number of rotatable bonds is 3. The summed E-state index contributed by atoms with van der Waals surface area (Å²) in [5.74, 6) is -0.152. The zero-order chi connectivity index (χ0) is 10.7. The second-order valence-corrected chi connectivity index (χ2v) is 3.30. The van der Waals surface area contributed by atoms with Crippen molar-refractivity contribution in [3.05, 3.63) is 17.5 Å². The first-order valence-corrected chi connectivity index (χ1v) is 4.54. The second kappa shape index (κ2) is 4.23. The lowest BCUT2D eigenvalue weighted by atomic mass is 10.1. The van der Waals surface area contributed by atoms with Gasteiger partial charge in [0.2, 0.25) is 5.91 Å². The third kappa shape index (κ3) is 2.11. The van der Waals surface area contributed by atoms with Crippen molar-refractivity contribution in [3.8, 4) is 0 Å². The quantitative estimate of drug-likeness (QED) is 0.707. The average Bonchev–Trinajstić information content (AvgIpc) is 2.47. The fraction of sp³-hybridized carbons (Fsp3) is 0.556. The van der Waals surface area contributed by atoms with Crippen molar-refractivity contribution in [2.24, 2.45) is 12.8 Å². The van der Waals surface area contributed by atoms with E-state index in [0.29, 0.717) is 0 Å². The van der Waals surface area contributed by atoms with E-state index in [0.717, 1.165) is 11.3 Å². The third-order valence-electron chi connectivity index (χ3n) is 2.30. The van der Waals surface area contributed by atoms with E-state index < -0.39 is 0 Å². The SMILES string of the molecule is Cc1c(C(C)NC(=O)CN)cnn1C. The first-order chi connectivity index (χ1) is 6.56. The van der Waals surface area contributed by atoms with Gasteiger partial charge in [-0.3, -0.25) is 9.48 Å². The van der Waals surface area contributed by atoms with Gasteiger partial charge in [0.15, 0.2) is 0 Å². The van der Waals surface area contributed by atoms with Crippen molar-refractivity contribution < 1.29 is 4.79 Å². The highest BCUT2D eigenvalue weighted by atomic mass is 16.1. The van der Waals surface area contributed by atoms with E-state index in [1.807, 2.05) is 20.9 Å². The Morgan fingerprint density at radius 2 is 2.43 bits per heavy atom. The van der Waals surface area contributed by atoms with Crippen LogP contribution in [0.5, 0.6) is 0 Å². The lowest BCUT2D eigenvalue weighted by molar-refractivity contribution is -0.120. The molecule has 0 aliphatic heterocycles. The number of hydrogen-bond donors (Lipinski definition) is 2. The molecule has 0 saturated heterocycles. The highest BCUT2D eigenvalue weighted by molar-refractivity contribution is 5.78. The summed E-state index contributed by atoms with van der Waals surface area (Å²) in [6.45, 7) is 3.90. The summed E-state index contributed by atoms with van der Waals surface area (Å²) < 4.78 is 1.78. The molecule has 0 radical (unpaired) electrons. The van der Waals surface area contributed by atoms with Crippen molar-refractivity contribution in [1.82, 2.24) is 15.1 Å². The van der Waals surface area contributed by atoms with E-state index in [4.69, 9.17) is 5.73 Å². The topological polar surface area (TPSA) is 72.9 Å². The van der Waals surface area contributed by atoms with Crippen molar-refractivity contribution in [2.75, 3.05) is 6.54 Å². The van der Waals surface area contributed by atoms with Crippen molar-refractivity contribution >= 4 is 5.91 Å². The van der Waals surface area contributed by atoms with Gasteiger partial charge in [-0.1, -0.05) is 0 Å². The van der Waals surface area contributed by atoms with Crippen LogP contribution in [0.15, 0.2) is 6.20 Å². The molecule has 0 bridgehead atoms. The lowest BCUT2D eigenvalue weighted by Gasteiger charge is -2.12. The molecule has 0 fully saturated rings. The molecular weight excluding hydrogens is 180 g/mol. The zero-order valence-corrected chi connectivity index (χ0v) is 8.74. The van der Waals surface area contributed by atoms with Gasteiger partial charge in [-0.25, -0.2) is 0 Å². The number of hydrogen-bond acceptors (Lipinski definition) is 3. The largest absolute Gasteiger partial charge is 0.348 e. The molecule has 0 spiro atoms. The minimum atomic E-state index is -0.152. The van der Waals surface area contributed by atoms with Gasteiger partial charge in [0.1, 0.15) is 0 Å². The summed E-state index contributed by atoms with van der Waals surface area (Å²) in [5, 5.41) is 6.89. The van der Waals surface area contributed by atoms with Crippen LogP contribution in [0.4, 0.5) is 0 Å². The molecule has 1 unspecified atom stereocenters. The van der Waals surface area contributed by atoms with Gasteiger partial charge in [-0.2, -0.15) is 5.10 Å². The number of nitrogens with two attached hydrogens (primary N) is 1. The number of aromatic nitrogens is 2. The fourth-order valence-electron chi connectivity index (χ4n) is 1.32. The van der Waals surface area contributed by atoms with E-state index in [1.54, 1.807) is 10.9 Å². The van der Waals surface area contributed by atoms with Gasteiger partial charge >= 0.3 is 0 Å². The molecule has 0 aromatic carbocycles. The zero-order valence-electron chi connectivity index (χ0n) is 8.74. The van der Waals surface area contributed by atoms with Gasteiger partial charge in [-0.05, 0) is 13.8 Å². The van der Waals surface area contributed by atoms with Gasteiger partial charge in [0.05, 0.1) is 18.8 Å². The molecule has 78 valence electrons. The van der Waals surface area contributed by atoms with E-state index in [2.05, 4.69) is 10.4 Å². The Bertz CT molecular complexity index is 332. The Kier molecular flexibility index (Phi) is 3.24. The molecule has 5 heteroatoms. The van der Waals surface area contributed by atoms with E-state index >= 15 is 0 Å². The van der Waals surface area contributed by atoms with Crippen LogP contribution in [0.2, 0.25) is 0 Å². The van der Waals surface area contributed by atoms with Crippen LogP contribution in [-0.2, 0) is 11.8 Å². The molecule has 0 aliphatic carbocycles. The molecule has 0 saturated carbocycles.